The molecule has 0 radical (unpaired) electrons. The molecule has 2 saturated heterocycles. The van der Waals surface area contributed by atoms with E-state index in [9.17, 15) is 9.59 Å². The Morgan fingerprint density at radius 1 is 1.31 bits per heavy atom. The lowest BCUT2D eigenvalue weighted by atomic mass is 10.1. The molecule has 2 aliphatic heterocycles. The number of carbonyl (C=O) groups excluding carboxylic acids is 2. The fourth-order valence-corrected chi connectivity index (χ4v) is 5.16. The van der Waals surface area contributed by atoms with Gasteiger partial charge < -0.3 is 15.0 Å². The molecule has 0 aromatic heterocycles. The minimum atomic E-state index is -0.360. The summed E-state index contributed by atoms with van der Waals surface area (Å²) in [6, 6.07) is 13.7. The number of benzene rings is 2. The van der Waals surface area contributed by atoms with Crippen molar-refractivity contribution in [2.24, 2.45) is 0 Å². The van der Waals surface area contributed by atoms with Crippen molar-refractivity contribution in [3.05, 3.63) is 42.5 Å². The minimum absolute atomic E-state index is 0.0846. The molecule has 2 amide bonds. The molecule has 0 unspecified atom stereocenters. The highest BCUT2D eigenvalue weighted by atomic mass is 32.2. The van der Waals surface area contributed by atoms with Gasteiger partial charge in [0.2, 0.25) is 11.8 Å². The lowest BCUT2D eigenvalue weighted by Crippen LogP contribution is -2.50. The first-order valence-electron chi connectivity index (χ1n) is 8.92. The van der Waals surface area contributed by atoms with Gasteiger partial charge in [-0.3, -0.25) is 9.59 Å². The van der Waals surface area contributed by atoms with Crippen molar-refractivity contribution in [2.45, 2.75) is 30.7 Å². The molecule has 2 heterocycles. The Hall–Kier alpha value is -2.21. The van der Waals surface area contributed by atoms with Gasteiger partial charge in [0.05, 0.1) is 11.4 Å². The van der Waals surface area contributed by atoms with Gasteiger partial charge in [-0.15, -0.1) is 11.8 Å². The summed E-state index contributed by atoms with van der Waals surface area (Å²) in [4.78, 5) is 26.2. The van der Waals surface area contributed by atoms with E-state index in [1.807, 2.05) is 36.4 Å². The third-order valence-electron chi connectivity index (χ3n) is 5.14. The standard InChI is InChI=1S/C20H22N2O3S/c1-20-9-8-18(23)22(20)17(13-26-20)19(24)21-10-11-25-16-7-6-14-4-2-3-5-15(14)12-16/h2-7,12,17H,8-11,13H2,1H3,(H,21,24)/t17-,20+/m0/s1. The van der Waals surface area contributed by atoms with Crippen LogP contribution in [0.4, 0.5) is 0 Å². The quantitative estimate of drug-likeness (QED) is 0.823. The molecule has 2 atom stereocenters. The lowest BCUT2D eigenvalue weighted by Gasteiger charge is -2.29. The number of amides is 2. The number of ether oxygens (including phenoxy) is 1. The number of nitrogens with zero attached hydrogens (tertiary/aromatic N) is 1. The molecule has 4 rings (SSSR count). The van der Waals surface area contributed by atoms with Crippen molar-refractivity contribution in [1.82, 2.24) is 10.2 Å². The summed E-state index contributed by atoms with van der Waals surface area (Å²) >= 11 is 1.71. The molecule has 5 nitrogen and oxygen atoms in total. The van der Waals surface area contributed by atoms with Crippen molar-refractivity contribution >= 4 is 34.3 Å². The largest absolute Gasteiger partial charge is 0.492 e. The van der Waals surface area contributed by atoms with Crippen molar-refractivity contribution < 1.29 is 14.3 Å². The van der Waals surface area contributed by atoms with Gasteiger partial charge in [-0.25, -0.2) is 0 Å². The monoisotopic (exact) mass is 370 g/mol. The molecule has 136 valence electrons. The van der Waals surface area contributed by atoms with E-state index in [0.717, 1.165) is 17.6 Å². The average Bonchev–Trinajstić information content (AvgIpc) is 3.14. The van der Waals surface area contributed by atoms with Gasteiger partial charge in [0.15, 0.2) is 0 Å². The highest BCUT2D eigenvalue weighted by Crippen LogP contribution is 2.47. The van der Waals surface area contributed by atoms with E-state index in [1.54, 1.807) is 16.7 Å². The molecule has 0 bridgehead atoms. The second-order valence-electron chi connectivity index (χ2n) is 6.91. The summed E-state index contributed by atoms with van der Waals surface area (Å²) in [6.07, 6.45) is 1.36. The van der Waals surface area contributed by atoms with Crippen LogP contribution in [0, 0.1) is 0 Å². The molecular weight excluding hydrogens is 348 g/mol. The maximum atomic E-state index is 12.5. The Bertz CT molecular complexity index is 856. The van der Waals surface area contributed by atoms with E-state index < -0.39 is 0 Å². The predicted molar refractivity (Wildman–Crippen MR) is 103 cm³/mol. The first-order chi connectivity index (χ1) is 12.6. The van der Waals surface area contributed by atoms with Crippen LogP contribution in [-0.2, 0) is 9.59 Å². The molecule has 0 saturated carbocycles. The maximum Gasteiger partial charge on any atom is 0.243 e. The zero-order valence-corrected chi connectivity index (χ0v) is 15.6. The molecule has 2 aromatic rings. The molecule has 26 heavy (non-hydrogen) atoms. The molecule has 0 aliphatic carbocycles. The zero-order valence-electron chi connectivity index (χ0n) is 14.7. The Balaban J connectivity index is 1.29. The highest BCUT2D eigenvalue weighted by Gasteiger charge is 2.52. The summed E-state index contributed by atoms with van der Waals surface area (Å²) in [5, 5.41) is 5.21. The fourth-order valence-electron chi connectivity index (χ4n) is 3.73. The van der Waals surface area contributed by atoms with Crippen LogP contribution in [0.2, 0.25) is 0 Å². The number of carbonyl (C=O) groups is 2. The van der Waals surface area contributed by atoms with Crippen LogP contribution in [0.1, 0.15) is 19.8 Å². The third kappa shape index (κ3) is 3.14. The number of fused-ring (bicyclic) bond motifs is 2. The molecule has 2 aromatic carbocycles. The summed E-state index contributed by atoms with van der Waals surface area (Å²) in [5.74, 6) is 1.46. The second-order valence-corrected chi connectivity index (χ2v) is 8.42. The smallest absolute Gasteiger partial charge is 0.243 e. The van der Waals surface area contributed by atoms with Gasteiger partial charge in [0, 0.05) is 12.2 Å². The van der Waals surface area contributed by atoms with Crippen LogP contribution in [-0.4, -0.2) is 46.5 Å². The molecule has 1 N–H and O–H groups in total. The van der Waals surface area contributed by atoms with E-state index in [2.05, 4.69) is 18.3 Å². The molecular formula is C20H22N2O3S. The van der Waals surface area contributed by atoms with E-state index >= 15 is 0 Å². The number of thioether (sulfide) groups is 1. The van der Waals surface area contributed by atoms with Crippen LogP contribution >= 0.6 is 11.8 Å². The minimum Gasteiger partial charge on any atom is -0.492 e. The van der Waals surface area contributed by atoms with Crippen molar-refractivity contribution in [1.29, 1.82) is 0 Å². The van der Waals surface area contributed by atoms with Gasteiger partial charge in [-0.1, -0.05) is 30.3 Å². The van der Waals surface area contributed by atoms with Gasteiger partial charge in [0.1, 0.15) is 18.4 Å². The zero-order chi connectivity index (χ0) is 18.1. The van der Waals surface area contributed by atoms with Crippen molar-refractivity contribution in [3.63, 3.8) is 0 Å². The highest BCUT2D eigenvalue weighted by molar-refractivity contribution is 8.01. The predicted octanol–water partition coefficient (Wildman–Crippen LogP) is 2.79. The van der Waals surface area contributed by atoms with Crippen LogP contribution in [0.3, 0.4) is 0 Å². The van der Waals surface area contributed by atoms with Crippen LogP contribution in [0.5, 0.6) is 5.75 Å². The Kier molecular flexibility index (Phi) is 4.53. The van der Waals surface area contributed by atoms with Gasteiger partial charge in [-0.05, 0) is 36.2 Å². The first-order valence-corrected chi connectivity index (χ1v) is 9.91. The normalized spacial score (nSPS) is 24.7. The maximum absolute atomic E-state index is 12.5. The topological polar surface area (TPSA) is 58.6 Å². The van der Waals surface area contributed by atoms with Crippen LogP contribution in [0.25, 0.3) is 10.8 Å². The lowest BCUT2D eigenvalue weighted by molar-refractivity contribution is -0.137. The fraction of sp³-hybridized carbons (Fsp3) is 0.400. The first kappa shape index (κ1) is 17.2. The van der Waals surface area contributed by atoms with Crippen LogP contribution in [0.15, 0.2) is 42.5 Å². The molecule has 2 fully saturated rings. The van der Waals surface area contributed by atoms with Crippen molar-refractivity contribution in [2.75, 3.05) is 18.9 Å². The van der Waals surface area contributed by atoms with Crippen molar-refractivity contribution in [3.8, 4) is 5.75 Å². The molecule has 0 spiro atoms. The molecule has 2 aliphatic rings. The molecule has 6 heteroatoms. The summed E-state index contributed by atoms with van der Waals surface area (Å²) < 4.78 is 5.75. The Morgan fingerprint density at radius 2 is 2.12 bits per heavy atom. The Morgan fingerprint density at radius 3 is 2.96 bits per heavy atom. The number of hydrogen-bond donors (Lipinski definition) is 1. The van der Waals surface area contributed by atoms with Crippen LogP contribution < -0.4 is 10.1 Å². The number of hydrogen-bond acceptors (Lipinski definition) is 4. The number of nitrogens with one attached hydrogen (secondary N) is 1. The van der Waals surface area contributed by atoms with Gasteiger partial charge in [-0.2, -0.15) is 0 Å². The van der Waals surface area contributed by atoms with Gasteiger partial charge >= 0.3 is 0 Å². The second kappa shape index (κ2) is 6.83. The van der Waals surface area contributed by atoms with E-state index in [-0.39, 0.29) is 22.7 Å². The van der Waals surface area contributed by atoms with E-state index in [1.165, 1.54) is 5.39 Å². The summed E-state index contributed by atoms with van der Waals surface area (Å²) in [5.41, 5.74) is 0. The Labute approximate surface area is 157 Å². The summed E-state index contributed by atoms with van der Waals surface area (Å²) in [7, 11) is 0. The van der Waals surface area contributed by atoms with Gasteiger partial charge in [0.25, 0.3) is 0 Å². The van der Waals surface area contributed by atoms with E-state index in [4.69, 9.17) is 4.74 Å². The SMILES string of the molecule is C[C@@]12CCC(=O)N1[C@H](C(=O)NCCOc1ccc3ccccc3c1)CS2. The summed E-state index contributed by atoms with van der Waals surface area (Å²) in [6.45, 7) is 2.87. The third-order valence-corrected chi connectivity index (χ3v) is 6.64. The van der Waals surface area contributed by atoms with E-state index in [0.29, 0.717) is 25.3 Å². The number of rotatable bonds is 5. The average molecular weight is 370 g/mol.